The molecule has 5 nitrogen and oxygen atoms in total. The molecule has 1 N–H and O–H groups in total. The van der Waals surface area contributed by atoms with Crippen LogP contribution in [0, 0.1) is 18.3 Å². The van der Waals surface area contributed by atoms with Crippen LogP contribution in [0.2, 0.25) is 0 Å². The normalized spacial score (nSPS) is 16.2. The number of nitrogens with zero attached hydrogens (tertiary/aromatic N) is 3. The van der Waals surface area contributed by atoms with E-state index in [1.54, 1.807) is 6.20 Å². The van der Waals surface area contributed by atoms with Gasteiger partial charge in [-0.1, -0.05) is 19.1 Å². The van der Waals surface area contributed by atoms with Gasteiger partial charge in [-0.15, -0.1) is 0 Å². The summed E-state index contributed by atoms with van der Waals surface area (Å²) in [5.41, 5.74) is 1.92. The molecule has 1 saturated heterocycles. The van der Waals surface area contributed by atoms with Crippen LogP contribution in [0.15, 0.2) is 36.0 Å². The Morgan fingerprint density at radius 2 is 2.09 bits per heavy atom. The summed E-state index contributed by atoms with van der Waals surface area (Å²) in [6.45, 7) is 8.76. The fourth-order valence-corrected chi connectivity index (χ4v) is 2.45. The third-order valence-electron chi connectivity index (χ3n) is 3.81. The number of carbonyl (C=O) groups excluding carboxylic acids is 1. The van der Waals surface area contributed by atoms with Gasteiger partial charge >= 0.3 is 0 Å². The van der Waals surface area contributed by atoms with Crippen LogP contribution in [0.3, 0.4) is 0 Å². The molecule has 0 aliphatic carbocycles. The Kier molecular flexibility index (Phi) is 5.56. The molecule has 1 aliphatic heterocycles. The van der Waals surface area contributed by atoms with Crippen molar-refractivity contribution >= 4 is 11.6 Å². The first-order valence-corrected chi connectivity index (χ1v) is 7.58. The average Bonchev–Trinajstić information content (AvgIpc) is 2.53. The Morgan fingerprint density at radius 3 is 2.68 bits per heavy atom. The third-order valence-corrected chi connectivity index (χ3v) is 3.81. The highest BCUT2D eigenvalue weighted by Gasteiger charge is 2.16. The summed E-state index contributed by atoms with van der Waals surface area (Å²) < 4.78 is 0. The number of amides is 1. The molecule has 0 radical (unpaired) electrons. The SMILES string of the molecule is CCN1CCN(/C=C(\C#N)C(=O)Nc2cccc(C)c2)CC1. The lowest BCUT2D eigenvalue weighted by molar-refractivity contribution is -0.112. The summed E-state index contributed by atoms with van der Waals surface area (Å²) in [6.07, 6.45) is 1.68. The second-order valence-corrected chi connectivity index (χ2v) is 5.45. The smallest absolute Gasteiger partial charge is 0.267 e. The standard InChI is InChI=1S/C17H22N4O/c1-3-20-7-9-21(10-8-20)13-15(12-18)17(22)19-16-6-4-5-14(2)11-16/h4-6,11,13H,3,7-10H2,1-2H3,(H,19,22)/b15-13+. The number of aryl methyl sites for hydroxylation is 1. The molecule has 5 heteroatoms. The third kappa shape index (κ3) is 4.34. The van der Waals surface area contributed by atoms with Crippen LogP contribution < -0.4 is 5.32 Å². The van der Waals surface area contributed by atoms with E-state index in [-0.39, 0.29) is 11.5 Å². The van der Waals surface area contributed by atoms with E-state index in [1.807, 2.05) is 42.2 Å². The van der Waals surface area contributed by atoms with Crippen LogP contribution >= 0.6 is 0 Å². The lowest BCUT2D eigenvalue weighted by Crippen LogP contribution is -2.44. The van der Waals surface area contributed by atoms with Crippen molar-refractivity contribution in [1.29, 1.82) is 5.26 Å². The molecule has 0 unspecified atom stereocenters. The van der Waals surface area contributed by atoms with Crippen LogP contribution in [-0.4, -0.2) is 48.4 Å². The van der Waals surface area contributed by atoms with E-state index in [0.29, 0.717) is 5.69 Å². The van der Waals surface area contributed by atoms with Crippen molar-refractivity contribution in [2.45, 2.75) is 13.8 Å². The van der Waals surface area contributed by atoms with E-state index in [9.17, 15) is 10.1 Å². The first-order chi connectivity index (χ1) is 10.6. The first-order valence-electron chi connectivity index (χ1n) is 7.58. The Labute approximate surface area is 131 Å². The quantitative estimate of drug-likeness (QED) is 0.682. The molecule has 1 aromatic carbocycles. The zero-order valence-corrected chi connectivity index (χ0v) is 13.2. The number of likely N-dealkylation sites (N-methyl/N-ethyl adjacent to an activating group) is 1. The van der Waals surface area contributed by atoms with E-state index in [4.69, 9.17) is 0 Å². The van der Waals surface area contributed by atoms with Crippen molar-refractivity contribution in [3.8, 4) is 6.07 Å². The van der Waals surface area contributed by atoms with Crippen LogP contribution in [0.1, 0.15) is 12.5 Å². The predicted octanol–water partition coefficient (Wildman–Crippen LogP) is 1.98. The topological polar surface area (TPSA) is 59.4 Å². The molecule has 1 amide bonds. The number of benzene rings is 1. The van der Waals surface area contributed by atoms with Crippen LogP contribution in [0.25, 0.3) is 0 Å². The summed E-state index contributed by atoms with van der Waals surface area (Å²) in [4.78, 5) is 16.6. The summed E-state index contributed by atoms with van der Waals surface area (Å²) in [5, 5.41) is 12.0. The van der Waals surface area contributed by atoms with Gasteiger partial charge in [-0.2, -0.15) is 5.26 Å². The van der Waals surface area contributed by atoms with Gasteiger partial charge in [0.2, 0.25) is 0 Å². The minimum absolute atomic E-state index is 0.145. The molecule has 1 aromatic rings. The van der Waals surface area contributed by atoms with Gasteiger partial charge in [0.15, 0.2) is 0 Å². The zero-order valence-electron chi connectivity index (χ0n) is 13.2. The molecular weight excluding hydrogens is 276 g/mol. The maximum atomic E-state index is 12.2. The maximum absolute atomic E-state index is 12.2. The van der Waals surface area contributed by atoms with Gasteiger partial charge in [0.1, 0.15) is 11.6 Å². The molecule has 0 aromatic heterocycles. The van der Waals surface area contributed by atoms with Crippen molar-refractivity contribution < 1.29 is 4.79 Å². The lowest BCUT2D eigenvalue weighted by Gasteiger charge is -2.33. The van der Waals surface area contributed by atoms with Crippen molar-refractivity contribution in [2.24, 2.45) is 0 Å². The molecule has 0 spiro atoms. The minimum atomic E-state index is -0.356. The summed E-state index contributed by atoms with van der Waals surface area (Å²) in [5.74, 6) is -0.356. The Bertz CT molecular complexity index is 595. The molecule has 0 bridgehead atoms. The molecule has 116 valence electrons. The van der Waals surface area contributed by atoms with Crippen LogP contribution in [0.5, 0.6) is 0 Å². The first kappa shape index (κ1) is 16.1. The summed E-state index contributed by atoms with van der Waals surface area (Å²) >= 11 is 0. The second kappa shape index (κ2) is 7.62. The van der Waals surface area contributed by atoms with E-state index in [1.165, 1.54) is 0 Å². The average molecular weight is 298 g/mol. The molecular formula is C17H22N4O. The van der Waals surface area contributed by atoms with E-state index in [2.05, 4.69) is 17.1 Å². The maximum Gasteiger partial charge on any atom is 0.267 e. The predicted molar refractivity (Wildman–Crippen MR) is 87.2 cm³/mol. The number of hydrogen-bond acceptors (Lipinski definition) is 4. The van der Waals surface area contributed by atoms with Gasteiger partial charge in [-0.25, -0.2) is 0 Å². The van der Waals surface area contributed by atoms with Crippen molar-refractivity contribution in [1.82, 2.24) is 9.80 Å². The zero-order chi connectivity index (χ0) is 15.9. The largest absolute Gasteiger partial charge is 0.374 e. The minimum Gasteiger partial charge on any atom is -0.374 e. The van der Waals surface area contributed by atoms with Crippen LogP contribution in [-0.2, 0) is 4.79 Å². The Balaban J connectivity index is 2.00. The van der Waals surface area contributed by atoms with Gasteiger partial charge < -0.3 is 15.1 Å². The monoisotopic (exact) mass is 298 g/mol. The molecule has 0 saturated carbocycles. The Morgan fingerprint density at radius 1 is 1.36 bits per heavy atom. The van der Waals surface area contributed by atoms with Crippen molar-refractivity contribution in [3.05, 3.63) is 41.6 Å². The van der Waals surface area contributed by atoms with Gasteiger partial charge in [0.25, 0.3) is 5.91 Å². The summed E-state index contributed by atoms with van der Waals surface area (Å²) in [7, 11) is 0. The molecule has 1 fully saturated rings. The number of nitrogens with one attached hydrogen (secondary N) is 1. The van der Waals surface area contributed by atoms with Gasteiger partial charge in [0.05, 0.1) is 0 Å². The number of anilines is 1. The lowest BCUT2D eigenvalue weighted by atomic mass is 10.2. The highest BCUT2D eigenvalue weighted by molar-refractivity contribution is 6.06. The molecule has 2 rings (SSSR count). The van der Waals surface area contributed by atoms with E-state index < -0.39 is 0 Å². The number of rotatable bonds is 4. The molecule has 0 atom stereocenters. The number of hydrogen-bond donors (Lipinski definition) is 1. The van der Waals surface area contributed by atoms with Gasteiger partial charge in [0, 0.05) is 38.1 Å². The summed E-state index contributed by atoms with van der Waals surface area (Å²) in [6, 6.07) is 9.55. The van der Waals surface area contributed by atoms with Gasteiger partial charge in [-0.3, -0.25) is 4.79 Å². The molecule has 1 aliphatic rings. The number of nitriles is 1. The highest BCUT2D eigenvalue weighted by atomic mass is 16.1. The van der Waals surface area contributed by atoms with E-state index in [0.717, 1.165) is 38.3 Å². The number of carbonyl (C=O) groups is 1. The van der Waals surface area contributed by atoms with Gasteiger partial charge in [-0.05, 0) is 31.2 Å². The molecule has 22 heavy (non-hydrogen) atoms. The number of piperazine rings is 1. The fraction of sp³-hybridized carbons (Fsp3) is 0.412. The van der Waals surface area contributed by atoms with E-state index >= 15 is 0 Å². The Hall–Kier alpha value is -2.32. The van der Waals surface area contributed by atoms with Crippen LogP contribution in [0.4, 0.5) is 5.69 Å². The molecule has 1 heterocycles. The second-order valence-electron chi connectivity index (χ2n) is 5.45. The van der Waals surface area contributed by atoms with Crippen molar-refractivity contribution in [3.63, 3.8) is 0 Å². The van der Waals surface area contributed by atoms with Crippen molar-refractivity contribution in [2.75, 3.05) is 38.0 Å². The highest BCUT2D eigenvalue weighted by Crippen LogP contribution is 2.12. The fourth-order valence-electron chi connectivity index (χ4n) is 2.45.